The van der Waals surface area contributed by atoms with Crippen molar-refractivity contribution < 1.29 is 4.79 Å². The molecule has 0 radical (unpaired) electrons. The van der Waals surface area contributed by atoms with Crippen molar-refractivity contribution in [2.45, 2.75) is 70.8 Å². The zero-order valence-corrected chi connectivity index (χ0v) is 18.8. The third-order valence-corrected chi connectivity index (χ3v) is 7.89. The van der Waals surface area contributed by atoms with E-state index in [1.54, 1.807) is 0 Å². The maximum Gasteiger partial charge on any atom is 0.224 e. The maximum absolute atomic E-state index is 13.0. The first kappa shape index (κ1) is 20.7. The number of nitrogens with zero attached hydrogens (tertiary/aromatic N) is 2. The highest BCUT2D eigenvalue weighted by Gasteiger charge is 2.32. The van der Waals surface area contributed by atoms with Gasteiger partial charge in [0.15, 0.2) is 0 Å². The van der Waals surface area contributed by atoms with Gasteiger partial charge in [0.05, 0.1) is 11.2 Å². The van der Waals surface area contributed by atoms with Gasteiger partial charge in [0.1, 0.15) is 5.82 Å². The molecule has 1 aromatic carbocycles. The summed E-state index contributed by atoms with van der Waals surface area (Å²) in [5.74, 6) is 3.44. The molecule has 2 saturated carbocycles. The van der Waals surface area contributed by atoms with E-state index in [-0.39, 0.29) is 5.91 Å². The average Bonchev–Trinajstić information content (AvgIpc) is 2.76. The Morgan fingerprint density at radius 3 is 2.55 bits per heavy atom. The summed E-state index contributed by atoms with van der Waals surface area (Å²) in [5, 5.41) is 4.30. The van der Waals surface area contributed by atoms with Crippen LogP contribution in [-0.2, 0) is 4.79 Å². The number of nitrogens with two attached hydrogens (primary N) is 1. The van der Waals surface area contributed by atoms with Gasteiger partial charge in [-0.3, -0.25) is 4.79 Å². The topological polar surface area (TPSA) is 71.2 Å². The van der Waals surface area contributed by atoms with Crippen LogP contribution < -0.4 is 16.0 Å². The van der Waals surface area contributed by atoms with Crippen molar-refractivity contribution in [3.8, 4) is 0 Å². The number of fused-ring (bicyclic) bond motifs is 3. The number of pyridine rings is 1. The zero-order valence-electron chi connectivity index (χ0n) is 18.8. The Morgan fingerprint density at radius 1 is 1.06 bits per heavy atom. The Hall–Kier alpha value is -2.14. The van der Waals surface area contributed by atoms with Gasteiger partial charge < -0.3 is 16.0 Å². The third kappa shape index (κ3) is 4.57. The van der Waals surface area contributed by atoms with Gasteiger partial charge in [-0.1, -0.05) is 25.3 Å². The van der Waals surface area contributed by atoms with Crippen molar-refractivity contribution in [1.82, 2.24) is 4.98 Å². The average molecular weight is 421 g/mol. The van der Waals surface area contributed by atoms with Gasteiger partial charge in [0.25, 0.3) is 0 Å². The van der Waals surface area contributed by atoms with Crippen LogP contribution in [0, 0.1) is 24.7 Å². The van der Waals surface area contributed by atoms with E-state index in [1.807, 2.05) is 0 Å². The highest BCUT2D eigenvalue weighted by molar-refractivity contribution is 6.02. The molecule has 0 spiro atoms. The standard InChI is InChI=1S/C26H36N4O/c1-17-5-7-23-22(6-8-24(28-23)30-11-9-21(27)10-12-30)26(17)29-25(31)16-20-14-18-3-2-4-19(13-18)15-20/h5-8,18-21H,2-4,9-16,27H2,1H3,(H,29,31). The summed E-state index contributed by atoms with van der Waals surface area (Å²) >= 11 is 0. The van der Waals surface area contributed by atoms with Gasteiger partial charge in [0, 0.05) is 30.9 Å². The van der Waals surface area contributed by atoms with Gasteiger partial charge in [-0.2, -0.15) is 0 Å². The van der Waals surface area contributed by atoms with Gasteiger partial charge in [-0.05, 0) is 80.5 Å². The normalized spacial score (nSPS) is 26.8. The summed E-state index contributed by atoms with van der Waals surface area (Å²) in [6, 6.07) is 8.68. The SMILES string of the molecule is Cc1ccc2nc(N3CCC(N)CC3)ccc2c1NC(=O)CC1CC2CCCC(C2)C1. The number of amides is 1. The largest absolute Gasteiger partial charge is 0.356 e. The van der Waals surface area contributed by atoms with E-state index in [9.17, 15) is 4.79 Å². The van der Waals surface area contributed by atoms with Crippen LogP contribution in [0.25, 0.3) is 10.9 Å². The second kappa shape index (κ2) is 8.78. The number of piperidine rings is 1. The van der Waals surface area contributed by atoms with Crippen LogP contribution in [0.15, 0.2) is 24.3 Å². The molecule has 1 amide bonds. The smallest absolute Gasteiger partial charge is 0.224 e. The summed E-state index contributed by atoms with van der Waals surface area (Å²) in [4.78, 5) is 20.2. The van der Waals surface area contributed by atoms with E-state index in [0.29, 0.717) is 18.4 Å². The second-order valence-electron chi connectivity index (χ2n) is 10.3. The molecule has 31 heavy (non-hydrogen) atoms. The number of aryl methyl sites for hydroxylation is 1. The molecule has 2 heterocycles. The van der Waals surface area contributed by atoms with Crippen molar-refractivity contribution >= 4 is 28.3 Å². The fourth-order valence-corrected chi connectivity index (χ4v) is 6.26. The van der Waals surface area contributed by atoms with E-state index in [2.05, 4.69) is 41.4 Å². The molecule has 2 atom stereocenters. The lowest BCUT2D eigenvalue weighted by molar-refractivity contribution is -0.117. The molecular formula is C26H36N4O. The molecule has 3 N–H and O–H groups in total. The number of carbonyl (C=O) groups is 1. The molecule has 1 aliphatic heterocycles. The minimum Gasteiger partial charge on any atom is -0.356 e. The lowest BCUT2D eigenvalue weighted by Crippen LogP contribution is -2.40. The summed E-state index contributed by atoms with van der Waals surface area (Å²) < 4.78 is 0. The van der Waals surface area contributed by atoms with Gasteiger partial charge in [-0.25, -0.2) is 4.98 Å². The summed E-state index contributed by atoms with van der Waals surface area (Å²) in [5.41, 5.74) is 9.03. The number of hydrogen-bond donors (Lipinski definition) is 2. The van der Waals surface area contributed by atoms with Crippen LogP contribution in [0.2, 0.25) is 0 Å². The lowest BCUT2D eigenvalue weighted by Gasteiger charge is -2.38. The van der Waals surface area contributed by atoms with E-state index in [1.165, 1.54) is 38.5 Å². The van der Waals surface area contributed by atoms with Crippen molar-refractivity contribution in [2.24, 2.45) is 23.5 Å². The van der Waals surface area contributed by atoms with Crippen molar-refractivity contribution in [3.05, 3.63) is 29.8 Å². The molecule has 1 aromatic heterocycles. The molecule has 2 unspecified atom stereocenters. The molecule has 166 valence electrons. The van der Waals surface area contributed by atoms with Crippen LogP contribution in [-0.4, -0.2) is 30.0 Å². The molecule has 2 bridgehead atoms. The number of anilines is 2. The first-order valence-corrected chi connectivity index (χ1v) is 12.3. The predicted octanol–water partition coefficient (Wildman–Crippen LogP) is 5.02. The van der Waals surface area contributed by atoms with Gasteiger partial charge in [-0.15, -0.1) is 0 Å². The minimum atomic E-state index is 0.162. The number of hydrogen-bond acceptors (Lipinski definition) is 4. The molecule has 2 aliphatic carbocycles. The molecule has 1 saturated heterocycles. The van der Waals surface area contributed by atoms with E-state index < -0.39 is 0 Å². The summed E-state index contributed by atoms with van der Waals surface area (Å²) in [6.45, 7) is 3.98. The summed E-state index contributed by atoms with van der Waals surface area (Å²) in [6.07, 6.45) is 10.7. The van der Waals surface area contributed by atoms with Gasteiger partial charge >= 0.3 is 0 Å². The van der Waals surface area contributed by atoms with Crippen LogP contribution in [0.1, 0.15) is 63.4 Å². The van der Waals surface area contributed by atoms with Gasteiger partial charge in [0.2, 0.25) is 5.91 Å². The Kier molecular flexibility index (Phi) is 5.87. The Morgan fingerprint density at radius 2 is 1.81 bits per heavy atom. The first-order chi connectivity index (χ1) is 15.0. The lowest BCUT2D eigenvalue weighted by atomic mass is 9.67. The fourth-order valence-electron chi connectivity index (χ4n) is 6.26. The van der Waals surface area contributed by atoms with E-state index in [0.717, 1.165) is 65.7 Å². The highest BCUT2D eigenvalue weighted by atomic mass is 16.1. The molecule has 2 aromatic rings. The number of benzene rings is 1. The number of aromatic nitrogens is 1. The second-order valence-corrected chi connectivity index (χ2v) is 10.3. The molecule has 3 aliphatic rings. The molecule has 5 rings (SSSR count). The number of rotatable bonds is 4. The third-order valence-electron chi connectivity index (χ3n) is 7.89. The zero-order chi connectivity index (χ0) is 21.4. The van der Waals surface area contributed by atoms with Crippen molar-refractivity contribution in [3.63, 3.8) is 0 Å². The Bertz CT molecular complexity index is 938. The minimum absolute atomic E-state index is 0.162. The van der Waals surface area contributed by atoms with E-state index >= 15 is 0 Å². The van der Waals surface area contributed by atoms with E-state index in [4.69, 9.17) is 10.7 Å². The van der Waals surface area contributed by atoms with Crippen LogP contribution in [0.3, 0.4) is 0 Å². The van der Waals surface area contributed by atoms with Crippen molar-refractivity contribution in [1.29, 1.82) is 0 Å². The maximum atomic E-state index is 13.0. The van der Waals surface area contributed by atoms with Crippen LogP contribution in [0.5, 0.6) is 0 Å². The number of nitrogens with one attached hydrogen (secondary N) is 1. The monoisotopic (exact) mass is 420 g/mol. The van der Waals surface area contributed by atoms with Crippen LogP contribution in [0.4, 0.5) is 11.5 Å². The first-order valence-electron chi connectivity index (χ1n) is 12.3. The molecular weight excluding hydrogens is 384 g/mol. The fraction of sp³-hybridized carbons (Fsp3) is 0.615. The number of carbonyl (C=O) groups excluding carboxylic acids is 1. The quantitative estimate of drug-likeness (QED) is 0.729. The Labute approximate surface area is 185 Å². The molecule has 5 heteroatoms. The predicted molar refractivity (Wildman–Crippen MR) is 127 cm³/mol. The summed E-state index contributed by atoms with van der Waals surface area (Å²) in [7, 11) is 0. The molecule has 3 fully saturated rings. The van der Waals surface area contributed by atoms with Crippen LogP contribution >= 0.6 is 0 Å². The van der Waals surface area contributed by atoms with Crippen molar-refractivity contribution in [2.75, 3.05) is 23.3 Å². The highest BCUT2D eigenvalue weighted by Crippen LogP contribution is 2.43. The molecule has 5 nitrogen and oxygen atoms in total. The Balaban J connectivity index is 1.30.